The molecule has 0 bridgehead atoms. The Kier molecular flexibility index (Phi) is 4.55. The third kappa shape index (κ3) is 2.91. The van der Waals surface area contributed by atoms with Crippen molar-refractivity contribution < 1.29 is 4.58 Å². The lowest BCUT2D eigenvalue weighted by atomic mass is 9.70. The Morgan fingerprint density at radius 1 is 1.00 bits per heavy atom. The summed E-state index contributed by atoms with van der Waals surface area (Å²) in [5.74, 6) is 0. The molecule has 0 saturated heterocycles. The summed E-state index contributed by atoms with van der Waals surface area (Å²) in [6.07, 6.45) is 12.8. The zero-order valence-electron chi connectivity index (χ0n) is 16.9. The maximum atomic E-state index is 3.45. The fourth-order valence-corrected chi connectivity index (χ4v) is 5.07. The molecule has 2 nitrogen and oxygen atoms in total. The highest BCUT2D eigenvalue weighted by molar-refractivity contribution is 6.09. The maximum absolute atomic E-state index is 3.45. The predicted octanol–water partition coefficient (Wildman–Crippen LogP) is 6.56. The number of para-hydroxylation sites is 1. The fourth-order valence-electron chi connectivity index (χ4n) is 5.07. The summed E-state index contributed by atoms with van der Waals surface area (Å²) in [5, 5.41) is 6.16. The minimum atomic E-state index is -0.0423. The van der Waals surface area contributed by atoms with Crippen LogP contribution in [0.1, 0.15) is 31.7 Å². The van der Waals surface area contributed by atoms with Gasteiger partial charge >= 0.3 is 0 Å². The molecule has 0 aromatic heterocycles. The molecule has 29 heavy (non-hydrogen) atoms. The Morgan fingerprint density at radius 2 is 1.83 bits per heavy atom. The second-order valence-electron chi connectivity index (χ2n) is 7.92. The average molecular weight is 380 g/mol. The largest absolute Gasteiger partial charge is 0.361 e. The molecule has 3 aromatic rings. The zero-order chi connectivity index (χ0) is 19.7. The van der Waals surface area contributed by atoms with Crippen LogP contribution in [0.3, 0.4) is 0 Å². The molecule has 1 aliphatic heterocycles. The van der Waals surface area contributed by atoms with Crippen molar-refractivity contribution in [3.8, 4) is 0 Å². The predicted molar refractivity (Wildman–Crippen MR) is 123 cm³/mol. The van der Waals surface area contributed by atoms with Crippen LogP contribution < -0.4 is 5.32 Å². The van der Waals surface area contributed by atoms with Crippen molar-refractivity contribution in [2.24, 2.45) is 0 Å². The van der Waals surface area contributed by atoms with Crippen molar-refractivity contribution >= 4 is 27.9 Å². The molecule has 1 aliphatic carbocycles. The van der Waals surface area contributed by atoms with Crippen LogP contribution in [0.5, 0.6) is 0 Å². The van der Waals surface area contributed by atoms with Crippen LogP contribution in [0.15, 0.2) is 91.2 Å². The van der Waals surface area contributed by atoms with Gasteiger partial charge in [0.1, 0.15) is 12.0 Å². The smallest absolute Gasteiger partial charge is 0.210 e. The second kappa shape index (κ2) is 7.36. The van der Waals surface area contributed by atoms with E-state index in [1.807, 2.05) is 6.07 Å². The van der Waals surface area contributed by atoms with Crippen molar-refractivity contribution in [2.45, 2.75) is 31.6 Å². The minimum absolute atomic E-state index is 0.0423. The van der Waals surface area contributed by atoms with Crippen molar-refractivity contribution in [2.75, 3.05) is 11.9 Å². The quantitative estimate of drug-likeness (QED) is 0.400. The number of nitrogens with one attached hydrogen (secondary N) is 1. The standard InChI is InChI=1S/C27H26N2/c1-2-29-24-16-15-21-11-7-8-14-23(21)26(24)27(18-9-4-10-19-27)25(29)17-20-28-22-12-5-3-6-13-22/h3,5-9,11-18,20H,2,4,10,19H2,1H3/p+1. The molecule has 2 heteroatoms. The van der Waals surface area contributed by atoms with E-state index >= 15 is 0 Å². The van der Waals surface area contributed by atoms with Gasteiger partial charge in [-0.2, -0.15) is 4.58 Å². The molecule has 5 rings (SSSR count). The van der Waals surface area contributed by atoms with E-state index in [-0.39, 0.29) is 5.41 Å². The molecule has 3 aromatic carbocycles. The van der Waals surface area contributed by atoms with Gasteiger partial charge in [0.15, 0.2) is 5.71 Å². The van der Waals surface area contributed by atoms with E-state index in [2.05, 4.69) is 102 Å². The van der Waals surface area contributed by atoms with Crippen LogP contribution in [-0.4, -0.2) is 16.8 Å². The molecule has 0 saturated carbocycles. The van der Waals surface area contributed by atoms with Gasteiger partial charge in [-0.05, 0) is 55.2 Å². The molecule has 1 unspecified atom stereocenters. The van der Waals surface area contributed by atoms with Crippen LogP contribution in [0.4, 0.5) is 11.4 Å². The van der Waals surface area contributed by atoms with Crippen LogP contribution in [0.2, 0.25) is 0 Å². The van der Waals surface area contributed by atoms with Gasteiger partial charge in [-0.15, -0.1) is 0 Å². The topological polar surface area (TPSA) is 15.0 Å². The summed E-state index contributed by atoms with van der Waals surface area (Å²) in [6.45, 7) is 3.22. The molecule has 0 amide bonds. The van der Waals surface area contributed by atoms with E-state index in [9.17, 15) is 0 Å². The lowest BCUT2D eigenvalue weighted by molar-refractivity contribution is -0.432. The number of benzene rings is 3. The number of hydrogen-bond donors (Lipinski definition) is 1. The highest BCUT2D eigenvalue weighted by Gasteiger charge is 2.50. The van der Waals surface area contributed by atoms with Gasteiger partial charge in [0, 0.05) is 24.0 Å². The van der Waals surface area contributed by atoms with Gasteiger partial charge in [0.2, 0.25) is 5.69 Å². The van der Waals surface area contributed by atoms with Crippen LogP contribution in [-0.2, 0) is 5.41 Å². The minimum Gasteiger partial charge on any atom is -0.361 e. The Morgan fingerprint density at radius 3 is 2.62 bits per heavy atom. The van der Waals surface area contributed by atoms with Crippen LogP contribution in [0, 0.1) is 0 Å². The SMILES string of the molecule is CC[N+]1=C(C=CNc2ccccc2)C2(C=CCCC2)c2c1ccc1ccccc21. The number of nitrogens with zero attached hydrogens (tertiary/aromatic N) is 1. The Hall–Kier alpha value is -3.13. The third-order valence-electron chi connectivity index (χ3n) is 6.32. The van der Waals surface area contributed by atoms with E-state index in [0.717, 1.165) is 18.7 Å². The number of fused-ring (bicyclic) bond motifs is 4. The van der Waals surface area contributed by atoms with Gasteiger partial charge in [-0.1, -0.05) is 54.6 Å². The van der Waals surface area contributed by atoms with E-state index in [0.29, 0.717) is 0 Å². The van der Waals surface area contributed by atoms with Gasteiger partial charge < -0.3 is 5.32 Å². The van der Waals surface area contributed by atoms with E-state index in [1.54, 1.807) is 0 Å². The highest BCUT2D eigenvalue weighted by Crippen LogP contribution is 2.49. The van der Waals surface area contributed by atoms with Crippen molar-refractivity contribution in [1.29, 1.82) is 0 Å². The summed E-state index contributed by atoms with van der Waals surface area (Å²) in [4.78, 5) is 0. The molecule has 1 heterocycles. The van der Waals surface area contributed by atoms with Crippen LogP contribution >= 0.6 is 0 Å². The van der Waals surface area contributed by atoms with E-state index < -0.39 is 0 Å². The molecule has 1 atom stereocenters. The van der Waals surface area contributed by atoms with Gasteiger partial charge in [-0.3, -0.25) is 0 Å². The first-order valence-electron chi connectivity index (χ1n) is 10.7. The lowest BCUT2D eigenvalue weighted by Crippen LogP contribution is -2.34. The van der Waals surface area contributed by atoms with Gasteiger partial charge in [0.05, 0.1) is 5.56 Å². The first kappa shape index (κ1) is 17.9. The Labute approximate surface area is 172 Å². The number of anilines is 1. The molecular weight excluding hydrogens is 352 g/mol. The molecule has 2 aliphatic rings. The Balaban J connectivity index is 1.67. The number of hydrogen-bond acceptors (Lipinski definition) is 1. The number of rotatable bonds is 4. The highest BCUT2D eigenvalue weighted by atomic mass is 15.1. The van der Waals surface area contributed by atoms with Crippen molar-refractivity contribution in [1.82, 2.24) is 0 Å². The third-order valence-corrected chi connectivity index (χ3v) is 6.32. The lowest BCUT2D eigenvalue weighted by Gasteiger charge is -2.28. The Bertz CT molecular complexity index is 1140. The van der Waals surface area contributed by atoms with Crippen LogP contribution in [0.25, 0.3) is 10.8 Å². The zero-order valence-corrected chi connectivity index (χ0v) is 16.9. The first-order valence-corrected chi connectivity index (χ1v) is 10.7. The van der Waals surface area contributed by atoms with Crippen molar-refractivity contribution in [3.05, 3.63) is 96.7 Å². The fraction of sp³-hybridized carbons (Fsp3) is 0.222. The average Bonchev–Trinajstić information content (AvgIpc) is 3.04. The molecule has 0 radical (unpaired) electrons. The summed E-state index contributed by atoms with van der Waals surface area (Å²) in [6, 6.07) is 23.8. The summed E-state index contributed by atoms with van der Waals surface area (Å²) in [5.41, 5.74) is 5.29. The van der Waals surface area contributed by atoms with Crippen molar-refractivity contribution in [3.63, 3.8) is 0 Å². The van der Waals surface area contributed by atoms with Gasteiger partial charge in [-0.25, -0.2) is 0 Å². The molecular formula is C27H27N2+. The second-order valence-corrected chi connectivity index (χ2v) is 7.92. The van der Waals surface area contributed by atoms with E-state index in [1.165, 1.54) is 40.6 Å². The summed E-state index contributed by atoms with van der Waals surface area (Å²) < 4.78 is 2.50. The van der Waals surface area contributed by atoms with E-state index in [4.69, 9.17) is 0 Å². The van der Waals surface area contributed by atoms with Gasteiger partial charge in [0.25, 0.3) is 0 Å². The monoisotopic (exact) mass is 379 g/mol. The first-order chi connectivity index (χ1) is 14.3. The summed E-state index contributed by atoms with van der Waals surface area (Å²) >= 11 is 0. The molecule has 1 N–H and O–H groups in total. The molecule has 1 spiro atoms. The maximum Gasteiger partial charge on any atom is 0.210 e. The normalized spacial score (nSPS) is 20.7. The number of allylic oxidation sites excluding steroid dienone is 3. The summed E-state index contributed by atoms with van der Waals surface area (Å²) in [7, 11) is 0. The molecule has 144 valence electrons. The molecule has 0 fully saturated rings.